The lowest BCUT2D eigenvalue weighted by atomic mass is 10.1. The van der Waals surface area contributed by atoms with Crippen LogP contribution in [0.4, 0.5) is 73.1 Å². The number of Topliss-reactive ketones (excluding diaryl/α,β-unsaturated/α-hetero) is 2. The number of thioether (sulfide) groups is 1. The average molecular weight is 1550 g/mol. The van der Waals surface area contributed by atoms with E-state index in [4.69, 9.17) is 43.6 Å². The third kappa shape index (κ3) is 20.3. The van der Waals surface area contributed by atoms with Gasteiger partial charge in [0, 0.05) is 69.3 Å². The Morgan fingerprint density at radius 3 is 1.60 bits per heavy atom. The van der Waals surface area contributed by atoms with E-state index in [1.165, 1.54) is 45.0 Å². The Labute approximate surface area is 594 Å². The molecular weight excluding hydrogens is 1490 g/mol. The van der Waals surface area contributed by atoms with Crippen LogP contribution in [-0.4, -0.2) is 104 Å². The monoisotopic (exact) mass is 1550 g/mol. The number of anilines is 8. The minimum absolute atomic E-state index is 0.00947. The van der Waals surface area contributed by atoms with Crippen LogP contribution in [0.15, 0.2) is 160 Å². The molecule has 0 aliphatic carbocycles. The Balaban J connectivity index is 0.00000329. The number of carbonyl (C=O) groups is 4. The second-order valence-electron chi connectivity index (χ2n) is 20.0. The van der Waals surface area contributed by atoms with Gasteiger partial charge in [-0.15, -0.1) is 50.6 Å². The summed E-state index contributed by atoms with van der Waals surface area (Å²) >= 11 is 9.67. The number of ketones is 2. The Morgan fingerprint density at radius 2 is 1.17 bits per heavy atom. The number of methoxy groups -OCH3 is 2. The van der Waals surface area contributed by atoms with Crippen molar-refractivity contribution < 1.29 is 54.2 Å². The minimum Gasteiger partial charge on any atom is -0.494 e. The number of nitriles is 1. The number of hydrogen-bond acceptors (Lipinski definition) is 26. The molecule has 0 unspecified atom stereocenters. The molecule has 0 spiro atoms. The van der Waals surface area contributed by atoms with Gasteiger partial charge in [-0.1, -0.05) is 86.1 Å². The molecule has 5 aromatic carbocycles. The summed E-state index contributed by atoms with van der Waals surface area (Å²) in [6.07, 6.45) is 2.37. The van der Waals surface area contributed by atoms with Crippen molar-refractivity contribution in [3.63, 3.8) is 0 Å². The Morgan fingerprint density at radius 1 is 0.694 bits per heavy atom. The molecule has 5 N–H and O–H groups in total. The Kier molecular flexibility index (Phi) is 27.2. The topological polar surface area (TPSA) is 363 Å². The van der Waals surface area contributed by atoms with Crippen molar-refractivity contribution in [1.29, 1.82) is 5.26 Å². The van der Waals surface area contributed by atoms with Crippen LogP contribution in [0.1, 0.15) is 62.4 Å². The van der Waals surface area contributed by atoms with Gasteiger partial charge in [0.15, 0.2) is 21.7 Å². The van der Waals surface area contributed by atoms with Crippen LogP contribution < -0.4 is 40.5 Å². The number of ether oxygens (including phenoxy) is 2. The molecule has 0 aliphatic heterocycles. The molecule has 34 heteroatoms. The molecule has 0 bridgehead atoms. The van der Waals surface area contributed by atoms with Crippen molar-refractivity contribution in [3.8, 4) is 17.6 Å². The molecule has 0 saturated carbocycles. The molecule has 0 atom stereocenters. The first-order chi connectivity index (χ1) is 46.8. The number of aromatic nitrogens is 3. The zero-order valence-corrected chi connectivity index (χ0v) is 60.5. The van der Waals surface area contributed by atoms with Gasteiger partial charge < -0.3 is 40.5 Å². The first-order valence-corrected chi connectivity index (χ1v) is 35.6. The van der Waals surface area contributed by atoms with Crippen molar-refractivity contribution in [1.82, 2.24) is 15.0 Å². The van der Waals surface area contributed by atoms with Crippen LogP contribution >= 0.6 is 66.3 Å². The van der Waals surface area contributed by atoms with Crippen molar-refractivity contribution in [3.05, 3.63) is 162 Å². The summed E-state index contributed by atoms with van der Waals surface area (Å²) in [5, 5.41) is 40.8. The fraction of sp³-hybridized carbons (Fsp3) is 0.203. The SMILES string of the molecule is O=S(=O)=O.[C-]#[N+]c1cc(/C=C(\C(C)=O)C(=O)Nc2cccc(Br)c2)sc1N=Nc1cc(OC)c(N(CC)CC)cc1Nc1nc(Nc2cc(N(CC)CC)c(OC)cc2N=Nc2sc(/C=C(/C(C)=O)C(=O)Nc3cccc(Br)c3)c(S(=O)(=O)O)c2C#N)nc(SCc2ccccc2)n1. The molecule has 506 valence electrons. The quantitative estimate of drug-likeness (QED) is 0.00578. The fourth-order valence-corrected chi connectivity index (χ4v) is 13.7. The van der Waals surface area contributed by atoms with E-state index < -0.39 is 60.1 Å². The molecule has 98 heavy (non-hydrogen) atoms. The predicted octanol–water partition coefficient (Wildman–Crippen LogP) is 15.7. The molecule has 0 aliphatic rings. The summed E-state index contributed by atoms with van der Waals surface area (Å²) in [5.41, 5.74) is 2.76. The third-order valence-corrected chi connectivity index (χ3v) is 18.6. The zero-order valence-electron chi connectivity index (χ0n) is 53.2. The van der Waals surface area contributed by atoms with Crippen LogP contribution in [0.5, 0.6) is 11.5 Å². The second kappa shape index (κ2) is 35.4. The highest BCUT2D eigenvalue weighted by atomic mass is 79.9. The molecule has 0 fully saturated rings. The lowest BCUT2D eigenvalue weighted by Gasteiger charge is -2.25. The minimum atomic E-state index is -5.21. The lowest BCUT2D eigenvalue weighted by molar-refractivity contribution is -0.120. The Bertz CT molecular complexity index is 4790. The highest BCUT2D eigenvalue weighted by Gasteiger charge is 2.29. The van der Waals surface area contributed by atoms with Gasteiger partial charge in [-0.25, -0.2) is 4.85 Å². The number of carbonyl (C=O) groups excluding carboxylic acids is 4. The highest BCUT2D eigenvalue weighted by Crippen LogP contribution is 2.46. The molecule has 27 nitrogen and oxygen atoms in total. The number of nitrogens with one attached hydrogen (secondary N) is 4. The van der Waals surface area contributed by atoms with E-state index in [0.717, 1.165) is 34.4 Å². The maximum atomic E-state index is 13.6. The highest BCUT2D eigenvalue weighted by molar-refractivity contribution is 9.10. The second-order valence-corrected chi connectivity index (χ2v) is 26.6. The molecule has 0 saturated heterocycles. The van der Waals surface area contributed by atoms with Gasteiger partial charge >= 0.3 is 10.6 Å². The summed E-state index contributed by atoms with van der Waals surface area (Å²) in [4.78, 5) is 74.5. The van der Waals surface area contributed by atoms with Gasteiger partial charge in [0.05, 0.1) is 59.6 Å². The van der Waals surface area contributed by atoms with Crippen LogP contribution in [0.25, 0.3) is 17.0 Å². The van der Waals surface area contributed by atoms with Crippen LogP contribution in [0.3, 0.4) is 0 Å². The number of hydrogen-bond donors (Lipinski definition) is 5. The fourth-order valence-electron chi connectivity index (χ4n) is 9.14. The van der Waals surface area contributed by atoms with E-state index in [0.29, 0.717) is 92.6 Å². The van der Waals surface area contributed by atoms with Crippen molar-refractivity contribution in [2.75, 3.05) is 71.5 Å². The van der Waals surface area contributed by atoms with Gasteiger partial charge in [-0.05, 0) is 114 Å². The van der Waals surface area contributed by atoms with E-state index in [2.05, 4.69) is 83.3 Å². The summed E-state index contributed by atoms with van der Waals surface area (Å²) < 4.78 is 75.4. The third-order valence-electron chi connectivity index (χ3n) is 13.7. The standard InChI is InChI=1S/C64H59Br2N15O9S4.O3S/c1-10-80(11-2)52-30-47(49(32-54(52)89-8)76-78-60-46(34-67)57(94(86,87)88)56(93-60)29-45(37(6)83)59(85)70-42-24-18-22-40(66)26-42)71-62-73-63(75-64(74-62)91-35-38-19-15-14-16-20-38)72-48-31-53(81(12-3)13-4)55(90-9)33-50(48)77-79-61-51(68-7)28-43(92-61)27-44(36(5)82)58(84)69-41-23-17-21-39(65)25-41;1-4(2)3/h14-33H,10-13,35H2,1-6,8-9H3,(H,69,84)(H,70,85)(H,86,87,88)(H2,71,72,73,74,75);/b44-27+,45-29-,78-76?,79-77?;. The summed E-state index contributed by atoms with van der Waals surface area (Å²) in [6.45, 7) is 20.6. The number of amides is 2. The van der Waals surface area contributed by atoms with Gasteiger partial charge in [0.1, 0.15) is 44.4 Å². The largest absolute Gasteiger partial charge is 0.494 e. The molecule has 2 amide bonds. The van der Waals surface area contributed by atoms with E-state index >= 15 is 0 Å². The van der Waals surface area contributed by atoms with Crippen LogP contribution in [-0.2, 0) is 45.7 Å². The normalized spacial score (nSPS) is 11.4. The van der Waals surface area contributed by atoms with Gasteiger partial charge in [0.25, 0.3) is 21.9 Å². The van der Waals surface area contributed by atoms with Gasteiger partial charge in [-0.3, -0.25) is 23.7 Å². The van der Waals surface area contributed by atoms with Crippen molar-refractivity contribution >= 4 is 196 Å². The average Bonchev–Trinajstić information content (AvgIpc) is 1.56. The lowest BCUT2D eigenvalue weighted by Crippen LogP contribution is -2.22. The molecule has 3 aromatic heterocycles. The number of nitrogens with zero attached hydrogens (tertiary/aromatic N) is 11. The maximum absolute atomic E-state index is 13.6. The first-order valence-electron chi connectivity index (χ1n) is 29.0. The number of benzene rings is 5. The van der Waals surface area contributed by atoms with E-state index in [1.807, 2.05) is 69.0 Å². The Hall–Kier alpha value is -9.91. The molecule has 3 heterocycles. The van der Waals surface area contributed by atoms with E-state index in [1.54, 1.807) is 72.8 Å². The first kappa shape index (κ1) is 75.5. The zero-order chi connectivity index (χ0) is 71.4. The number of rotatable bonds is 28. The summed E-state index contributed by atoms with van der Waals surface area (Å²) in [7, 11) is -5.33. The molecular formula is C64H59Br2N15O12S5. The predicted molar refractivity (Wildman–Crippen MR) is 386 cm³/mol. The van der Waals surface area contributed by atoms with E-state index in [-0.39, 0.29) is 60.3 Å². The number of thiophene rings is 2. The molecule has 8 rings (SSSR count). The van der Waals surface area contributed by atoms with Gasteiger partial charge in [-0.2, -0.15) is 33.7 Å². The van der Waals surface area contributed by atoms with Crippen molar-refractivity contribution in [2.45, 2.75) is 57.3 Å². The van der Waals surface area contributed by atoms with Gasteiger partial charge in [0.2, 0.25) is 17.6 Å². The smallest absolute Gasteiger partial charge is 0.425 e. The maximum Gasteiger partial charge on any atom is 0.425 e. The van der Waals surface area contributed by atoms with Crippen LogP contribution in [0.2, 0.25) is 0 Å². The van der Waals surface area contributed by atoms with Crippen molar-refractivity contribution in [2.24, 2.45) is 20.5 Å². The summed E-state index contributed by atoms with van der Waals surface area (Å²) in [5.74, 6) is -1.55. The number of halogens is 2. The number of azo groups is 2. The molecule has 8 aromatic rings. The van der Waals surface area contributed by atoms with Crippen LogP contribution in [0, 0.1) is 17.9 Å². The summed E-state index contributed by atoms with van der Waals surface area (Å²) in [6, 6.07) is 33.2. The van der Waals surface area contributed by atoms with E-state index in [9.17, 15) is 37.4 Å². The molecule has 0 radical (unpaired) electrons.